The van der Waals surface area contributed by atoms with Crippen LogP contribution in [0.3, 0.4) is 0 Å². The van der Waals surface area contributed by atoms with Crippen LogP contribution in [-0.4, -0.2) is 36.4 Å². The van der Waals surface area contributed by atoms with Gasteiger partial charge in [0.25, 0.3) is 0 Å². The molecule has 1 aromatic rings. The lowest BCUT2D eigenvalue weighted by Crippen LogP contribution is -2.40. The summed E-state index contributed by atoms with van der Waals surface area (Å²) in [6.07, 6.45) is -6.37. The molecule has 0 saturated carbocycles. The summed E-state index contributed by atoms with van der Waals surface area (Å²) in [4.78, 5) is 13.0. The van der Waals surface area contributed by atoms with Gasteiger partial charge in [0.2, 0.25) is 6.10 Å². The van der Waals surface area contributed by atoms with Crippen molar-refractivity contribution in [1.82, 2.24) is 0 Å². The highest BCUT2D eigenvalue weighted by Crippen LogP contribution is 2.41. The van der Waals surface area contributed by atoms with Crippen LogP contribution in [0.15, 0.2) is 17.7 Å². The Morgan fingerprint density at radius 1 is 1.35 bits per heavy atom. The summed E-state index contributed by atoms with van der Waals surface area (Å²) in [5.74, 6) is -1.72. The highest BCUT2D eigenvalue weighted by atomic mass is 35.5. The third-order valence-corrected chi connectivity index (χ3v) is 3.87. The third-order valence-electron chi connectivity index (χ3n) is 3.57. The summed E-state index contributed by atoms with van der Waals surface area (Å²) in [5.41, 5.74) is -0.107. The molecule has 1 aliphatic heterocycles. The van der Waals surface area contributed by atoms with Gasteiger partial charge in [-0.05, 0) is 26.0 Å². The minimum Gasteiger partial charge on any atom is -0.478 e. The summed E-state index contributed by atoms with van der Waals surface area (Å²) in [7, 11) is 0. The maximum absolute atomic E-state index is 13.1. The quantitative estimate of drug-likeness (QED) is 0.893. The minimum atomic E-state index is -4.82. The predicted octanol–water partition coefficient (Wildman–Crippen LogP) is 3.98. The van der Waals surface area contributed by atoms with Crippen LogP contribution in [0.4, 0.5) is 18.9 Å². The van der Waals surface area contributed by atoms with Crippen molar-refractivity contribution in [2.24, 2.45) is 0 Å². The first kappa shape index (κ1) is 17.5. The van der Waals surface area contributed by atoms with Crippen LogP contribution in [0.1, 0.15) is 19.4 Å². The SMILES string of the molecule is CCN(CC)c1cc2c(cc1Cl)C=C(C(=O)O)C(C(F)(F)F)O2. The van der Waals surface area contributed by atoms with E-state index in [1.165, 1.54) is 12.1 Å². The molecule has 4 nitrogen and oxygen atoms in total. The van der Waals surface area contributed by atoms with E-state index in [0.29, 0.717) is 23.8 Å². The van der Waals surface area contributed by atoms with Crippen LogP contribution in [0, 0.1) is 0 Å². The lowest BCUT2D eigenvalue weighted by molar-refractivity contribution is -0.187. The number of benzene rings is 1. The summed E-state index contributed by atoms with van der Waals surface area (Å²) < 4.78 is 44.1. The van der Waals surface area contributed by atoms with Crippen molar-refractivity contribution in [1.29, 1.82) is 0 Å². The fourth-order valence-electron chi connectivity index (χ4n) is 2.43. The fourth-order valence-corrected chi connectivity index (χ4v) is 2.72. The Morgan fingerprint density at radius 2 is 1.96 bits per heavy atom. The summed E-state index contributed by atoms with van der Waals surface area (Å²) in [6, 6.07) is 2.83. The zero-order chi connectivity index (χ0) is 17.4. The second-order valence-corrected chi connectivity index (χ2v) is 5.37. The van der Waals surface area contributed by atoms with Gasteiger partial charge < -0.3 is 14.7 Å². The molecule has 8 heteroatoms. The Labute approximate surface area is 136 Å². The van der Waals surface area contributed by atoms with Gasteiger partial charge in [0.15, 0.2) is 0 Å². The molecule has 2 rings (SSSR count). The maximum Gasteiger partial charge on any atom is 0.430 e. The Kier molecular flexibility index (Phi) is 4.79. The highest BCUT2D eigenvalue weighted by Gasteiger charge is 2.48. The van der Waals surface area contributed by atoms with Gasteiger partial charge >= 0.3 is 12.1 Å². The van der Waals surface area contributed by atoms with E-state index in [1.54, 1.807) is 0 Å². The van der Waals surface area contributed by atoms with Crippen LogP contribution < -0.4 is 9.64 Å². The van der Waals surface area contributed by atoms with Gasteiger partial charge in [0.05, 0.1) is 16.3 Å². The molecule has 1 aromatic carbocycles. The van der Waals surface area contributed by atoms with E-state index in [1.807, 2.05) is 18.7 Å². The van der Waals surface area contributed by atoms with Gasteiger partial charge in [-0.25, -0.2) is 4.79 Å². The molecule has 1 heterocycles. The van der Waals surface area contributed by atoms with Gasteiger partial charge in [-0.15, -0.1) is 0 Å². The first-order valence-electron chi connectivity index (χ1n) is 6.95. The number of hydrogen-bond acceptors (Lipinski definition) is 3. The van der Waals surface area contributed by atoms with Gasteiger partial charge in [-0.3, -0.25) is 0 Å². The van der Waals surface area contributed by atoms with E-state index in [2.05, 4.69) is 0 Å². The van der Waals surface area contributed by atoms with Gasteiger partial charge in [-0.2, -0.15) is 13.2 Å². The minimum absolute atomic E-state index is 0.0383. The van der Waals surface area contributed by atoms with Crippen molar-refractivity contribution >= 4 is 29.3 Å². The Bertz CT molecular complexity index is 654. The molecule has 1 unspecified atom stereocenters. The Hall–Kier alpha value is -1.89. The number of fused-ring (bicyclic) bond motifs is 1. The second kappa shape index (κ2) is 6.31. The number of alkyl halides is 3. The number of rotatable bonds is 4. The number of anilines is 1. The number of aliphatic carboxylic acids is 1. The molecule has 1 N–H and O–H groups in total. The summed E-state index contributed by atoms with van der Waals surface area (Å²) >= 11 is 6.17. The summed E-state index contributed by atoms with van der Waals surface area (Å²) in [6.45, 7) is 5.02. The van der Waals surface area contributed by atoms with E-state index >= 15 is 0 Å². The van der Waals surface area contributed by atoms with Crippen LogP contribution in [0.5, 0.6) is 5.75 Å². The largest absolute Gasteiger partial charge is 0.478 e. The molecular formula is C15H15ClF3NO3. The van der Waals surface area contributed by atoms with Crippen LogP contribution in [0.2, 0.25) is 5.02 Å². The number of ether oxygens (including phenoxy) is 1. The number of halogens is 4. The number of nitrogens with zero attached hydrogens (tertiary/aromatic N) is 1. The molecule has 23 heavy (non-hydrogen) atoms. The molecule has 0 radical (unpaired) electrons. The first-order chi connectivity index (χ1) is 10.7. The third kappa shape index (κ3) is 3.39. The molecule has 0 spiro atoms. The average Bonchev–Trinajstić information content (AvgIpc) is 2.46. The zero-order valence-electron chi connectivity index (χ0n) is 12.4. The normalized spacial score (nSPS) is 17.1. The molecule has 126 valence electrons. The monoisotopic (exact) mass is 349 g/mol. The number of carboxylic acid groups (broad SMARTS) is 1. The number of carbonyl (C=O) groups is 1. The lowest BCUT2D eigenvalue weighted by atomic mass is 10.0. The molecule has 0 fully saturated rings. The summed E-state index contributed by atoms with van der Waals surface area (Å²) in [5, 5.41) is 9.32. The van der Waals surface area contributed by atoms with E-state index < -0.39 is 23.8 Å². The Balaban J connectivity index is 2.56. The van der Waals surface area contributed by atoms with Crippen LogP contribution >= 0.6 is 11.6 Å². The van der Waals surface area contributed by atoms with Crippen molar-refractivity contribution in [3.63, 3.8) is 0 Å². The smallest absolute Gasteiger partial charge is 0.430 e. The molecule has 0 aromatic heterocycles. The van der Waals surface area contributed by atoms with Gasteiger partial charge in [0, 0.05) is 24.7 Å². The molecule has 0 saturated heterocycles. The zero-order valence-corrected chi connectivity index (χ0v) is 13.2. The molecule has 0 bridgehead atoms. The van der Waals surface area contributed by atoms with Crippen molar-refractivity contribution in [2.45, 2.75) is 26.1 Å². The molecule has 1 atom stereocenters. The Morgan fingerprint density at radius 3 is 2.43 bits per heavy atom. The molecule has 0 amide bonds. The van der Waals surface area contributed by atoms with Crippen LogP contribution in [0.25, 0.3) is 6.08 Å². The van der Waals surface area contributed by atoms with E-state index in [0.717, 1.165) is 6.08 Å². The van der Waals surface area contributed by atoms with Gasteiger partial charge in [0.1, 0.15) is 5.75 Å². The predicted molar refractivity (Wildman–Crippen MR) is 81.1 cm³/mol. The second-order valence-electron chi connectivity index (χ2n) is 4.96. The molecule has 1 aliphatic rings. The lowest BCUT2D eigenvalue weighted by Gasteiger charge is -2.29. The number of carboxylic acids is 1. The van der Waals surface area contributed by atoms with Gasteiger partial charge in [-0.1, -0.05) is 11.6 Å². The van der Waals surface area contributed by atoms with Crippen molar-refractivity contribution in [3.8, 4) is 5.75 Å². The van der Waals surface area contributed by atoms with E-state index in [4.69, 9.17) is 21.4 Å². The molecular weight excluding hydrogens is 335 g/mol. The highest BCUT2D eigenvalue weighted by molar-refractivity contribution is 6.33. The standard InChI is InChI=1S/C15H15ClF3NO3/c1-3-20(4-2)11-7-12-8(6-10(11)16)5-9(14(21)22)13(23-12)15(17,18)19/h5-7,13H,3-4H2,1-2H3,(H,21,22). The average molecular weight is 350 g/mol. The number of hydrogen-bond donors (Lipinski definition) is 1. The van der Waals surface area contributed by atoms with Crippen LogP contribution in [-0.2, 0) is 4.79 Å². The van der Waals surface area contributed by atoms with E-state index in [-0.39, 0.29) is 11.3 Å². The fraction of sp³-hybridized carbons (Fsp3) is 0.400. The maximum atomic E-state index is 13.1. The topological polar surface area (TPSA) is 49.8 Å². The van der Waals surface area contributed by atoms with Crippen molar-refractivity contribution in [3.05, 3.63) is 28.3 Å². The van der Waals surface area contributed by atoms with Crippen molar-refractivity contribution in [2.75, 3.05) is 18.0 Å². The first-order valence-corrected chi connectivity index (χ1v) is 7.33. The van der Waals surface area contributed by atoms with Crippen molar-refractivity contribution < 1.29 is 27.8 Å². The molecule has 0 aliphatic carbocycles. The van der Waals surface area contributed by atoms with E-state index in [9.17, 15) is 18.0 Å².